The maximum absolute atomic E-state index is 12.7. The van der Waals surface area contributed by atoms with Crippen molar-refractivity contribution in [2.75, 3.05) is 11.9 Å². The Bertz CT molecular complexity index is 944. The monoisotopic (exact) mass is 418 g/mol. The van der Waals surface area contributed by atoms with Gasteiger partial charge in [-0.3, -0.25) is 9.78 Å². The second-order valence-electron chi connectivity index (χ2n) is 7.35. The summed E-state index contributed by atoms with van der Waals surface area (Å²) in [5, 5.41) is 2.85. The van der Waals surface area contributed by atoms with E-state index in [0.717, 1.165) is 17.7 Å². The van der Waals surface area contributed by atoms with Crippen LogP contribution in [0.25, 0.3) is 0 Å². The van der Waals surface area contributed by atoms with E-state index in [2.05, 4.69) is 17.2 Å². The SMILES string of the molecule is CCCCCCCOc1ccccc1COc1ccccc1C(=O)Nc1cccnc1. The third-order valence-corrected chi connectivity index (χ3v) is 4.91. The van der Waals surface area contributed by atoms with Crippen molar-refractivity contribution in [1.29, 1.82) is 0 Å². The molecule has 1 N–H and O–H groups in total. The van der Waals surface area contributed by atoms with Crippen LogP contribution in [0, 0.1) is 0 Å². The first-order valence-electron chi connectivity index (χ1n) is 10.9. The molecular weight excluding hydrogens is 388 g/mol. The number of pyridine rings is 1. The first-order valence-corrected chi connectivity index (χ1v) is 10.9. The third kappa shape index (κ3) is 7.14. The van der Waals surface area contributed by atoms with Gasteiger partial charge in [0.1, 0.15) is 18.1 Å². The number of hydrogen-bond acceptors (Lipinski definition) is 4. The van der Waals surface area contributed by atoms with E-state index in [-0.39, 0.29) is 5.91 Å². The molecule has 0 bridgehead atoms. The standard InChI is InChI=1S/C26H30N2O3/c1-2-3-4-5-10-18-30-24-15-8-6-12-21(24)20-31-25-16-9-7-14-23(25)26(29)28-22-13-11-17-27-19-22/h6-9,11-17,19H,2-5,10,18,20H2,1H3,(H,28,29). The second-order valence-corrected chi connectivity index (χ2v) is 7.35. The van der Waals surface area contributed by atoms with Crippen molar-refractivity contribution in [3.63, 3.8) is 0 Å². The number of nitrogens with zero attached hydrogens (tertiary/aromatic N) is 1. The molecule has 31 heavy (non-hydrogen) atoms. The van der Waals surface area contributed by atoms with E-state index in [1.165, 1.54) is 25.7 Å². The van der Waals surface area contributed by atoms with Gasteiger partial charge in [0.05, 0.1) is 24.1 Å². The lowest BCUT2D eigenvalue weighted by Gasteiger charge is -2.14. The molecule has 0 unspecified atom stereocenters. The van der Waals surface area contributed by atoms with E-state index < -0.39 is 0 Å². The Morgan fingerprint density at radius 1 is 0.871 bits per heavy atom. The lowest BCUT2D eigenvalue weighted by Crippen LogP contribution is -2.14. The number of anilines is 1. The average Bonchev–Trinajstić information content (AvgIpc) is 2.81. The fourth-order valence-corrected chi connectivity index (χ4v) is 3.22. The molecule has 162 valence electrons. The molecule has 0 aliphatic heterocycles. The van der Waals surface area contributed by atoms with Gasteiger partial charge in [0.25, 0.3) is 5.91 Å². The molecular formula is C26H30N2O3. The first-order chi connectivity index (χ1) is 15.3. The van der Waals surface area contributed by atoms with Crippen molar-refractivity contribution in [3.8, 4) is 11.5 Å². The molecule has 3 aromatic rings. The van der Waals surface area contributed by atoms with Crippen molar-refractivity contribution in [1.82, 2.24) is 4.98 Å². The molecule has 0 radical (unpaired) electrons. The van der Waals surface area contributed by atoms with Crippen LogP contribution in [0.5, 0.6) is 11.5 Å². The number of aromatic nitrogens is 1. The number of benzene rings is 2. The van der Waals surface area contributed by atoms with Crippen LogP contribution in [-0.4, -0.2) is 17.5 Å². The van der Waals surface area contributed by atoms with Crippen LogP contribution in [0.3, 0.4) is 0 Å². The predicted octanol–water partition coefficient (Wildman–Crippen LogP) is 6.26. The minimum absolute atomic E-state index is 0.236. The maximum Gasteiger partial charge on any atom is 0.259 e. The number of carbonyl (C=O) groups excluding carboxylic acids is 1. The van der Waals surface area contributed by atoms with E-state index in [1.807, 2.05) is 36.4 Å². The number of amides is 1. The zero-order valence-corrected chi connectivity index (χ0v) is 18.0. The molecule has 5 nitrogen and oxygen atoms in total. The summed E-state index contributed by atoms with van der Waals surface area (Å²) >= 11 is 0. The molecule has 5 heteroatoms. The van der Waals surface area contributed by atoms with Gasteiger partial charge in [0, 0.05) is 11.8 Å². The third-order valence-electron chi connectivity index (χ3n) is 4.91. The number of carbonyl (C=O) groups is 1. The minimum Gasteiger partial charge on any atom is -0.493 e. The predicted molar refractivity (Wildman–Crippen MR) is 124 cm³/mol. The highest BCUT2D eigenvalue weighted by Crippen LogP contribution is 2.24. The van der Waals surface area contributed by atoms with Gasteiger partial charge in [0.15, 0.2) is 0 Å². The summed E-state index contributed by atoms with van der Waals surface area (Å²) in [5.41, 5.74) is 2.07. The molecule has 0 saturated carbocycles. The lowest BCUT2D eigenvalue weighted by molar-refractivity contribution is 0.102. The topological polar surface area (TPSA) is 60.5 Å². The molecule has 0 spiro atoms. The Morgan fingerprint density at radius 3 is 2.45 bits per heavy atom. The van der Waals surface area contributed by atoms with Crippen LogP contribution in [0.2, 0.25) is 0 Å². The summed E-state index contributed by atoms with van der Waals surface area (Å²) in [6.45, 7) is 3.24. The van der Waals surface area contributed by atoms with E-state index in [0.29, 0.717) is 30.2 Å². The van der Waals surface area contributed by atoms with Gasteiger partial charge in [-0.2, -0.15) is 0 Å². The van der Waals surface area contributed by atoms with Crippen LogP contribution in [0.15, 0.2) is 73.1 Å². The number of para-hydroxylation sites is 2. The molecule has 1 aromatic heterocycles. The first kappa shape index (κ1) is 22.3. The summed E-state index contributed by atoms with van der Waals surface area (Å²) in [6.07, 6.45) is 9.27. The van der Waals surface area contributed by atoms with Crippen molar-refractivity contribution in [2.24, 2.45) is 0 Å². The van der Waals surface area contributed by atoms with Gasteiger partial charge in [-0.25, -0.2) is 0 Å². The molecule has 0 aliphatic carbocycles. The molecule has 1 heterocycles. The summed E-state index contributed by atoms with van der Waals surface area (Å²) in [7, 11) is 0. The van der Waals surface area contributed by atoms with Gasteiger partial charge in [-0.15, -0.1) is 0 Å². The zero-order valence-electron chi connectivity index (χ0n) is 18.0. The number of hydrogen-bond donors (Lipinski definition) is 1. The molecule has 2 aromatic carbocycles. The number of ether oxygens (including phenoxy) is 2. The number of rotatable bonds is 12. The number of nitrogens with one attached hydrogen (secondary N) is 1. The summed E-state index contributed by atoms with van der Waals surface area (Å²) in [5.74, 6) is 1.12. The van der Waals surface area contributed by atoms with Gasteiger partial charge in [-0.05, 0) is 36.8 Å². The normalized spacial score (nSPS) is 10.5. The summed E-state index contributed by atoms with van der Waals surface area (Å²) < 4.78 is 12.0. The lowest BCUT2D eigenvalue weighted by atomic mass is 10.1. The van der Waals surface area contributed by atoms with Gasteiger partial charge < -0.3 is 14.8 Å². The summed E-state index contributed by atoms with van der Waals surface area (Å²) in [4.78, 5) is 16.7. The smallest absolute Gasteiger partial charge is 0.259 e. The fourth-order valence-electron chi connectivity index (χ4n) is 3.22. The van der Waals surface area contributed by atoms with Gasteiger partial charge in [0.2, 0.25) is 0 Å². The summed E-state index contributed by atoms with van der Waals surface area (Å²) in [6, 6.07) is 18.7. The molecule has 3 rings (SSSR count). The van der Waals surface area contributed by atoms with Crippen LogP contribution < -0.4 is 14.8 Å². The van der Waals surface area contributed by atoms with Gasteiger partial charge in [-0.1, -0.05) is 62.9 Å². The van der Waals surface area contributed by atoms with Crippen LogP contribution in [-0.2, 0) is 6.61 Å². The average molecular weight is 419 g/mol. The van der Waals surface area contributed by atoms with Crippen molar-refractivity contribution in [3.05, 3.63) is 84.2 Å². The van der Waals surface area contributed by atoms with E-state index >= 15 is 0 Å². The Labute approximate surface area is 184 Å². The largest absolute Gasteiger partial charge is 0.493 e. The van der Waals surface area contributed by atoms with Crippen LogP contribution >= 0.6 is 0 Å². The van der Waals surface area contributed by atoms with E-state index in [9.17, 15) is 4.79 Å². The van der Waals surface area contributed by atoms with Crippen molar-refractivity contribution in [2.45, 2.75) is 45.6 Å². The minimum atomic E-state index is -0.236. The zero-order chi connectivity index (χ0) is 21.7. The van der Waals surface area contributed by atoms with Crippen LogP contribution in [0.1, 0.15) is 54.9 Å². The van der Waals surface area contributed by atoms with Crippen molar-refractivity contribution >= 4 is 11.6 Å². The molecule has 1 amide bonds. The molecule has 0 atom stereocenters. The van der Waals surface area contributed by atoms with Crippen LogP contribution in [0.4, 0.5) is 5.69 Å². The second kappa shape index (κ2) is 12.4. The molecule has 0 saturated heterocycles. The van der Waals surface area contributed by atoms with Crippen molar-refractivity contribution < 1.29 is 14.3 Å². The quantitative estimate of drug-likeness (QED) is 0.353. The van der Waals surface area contributed by atoms with Gasteiger partial charge >= 0.3 is 0 Å². The number of unbranched alkanes of at least 4 members (excludes halogenated alkanes) is 4. The molecule has 0 fully saturated rings. The molecule has 0 aliphatic rings. The Hall–Kier alpha value is -3.34. The highest BCUT2D eigenvalue weighted by Gasteiger charge is 2.13. The van der Waals surface area contributed by atoms with E-state index in [1.54, 1.807) is 36.7 Å². The van der Waals surface area contributed by atoms with E-state index in [4.69, 9.17) is 9.47 Å². The fraction of sp³-hybridized carbons (Fsp3) is 0.308. The maximum atomic E-state index is 12.7. The Morgan fingerprint density at radius 2 is 1.65 bits per heavy atom. The Balaban J connectivity index is 1.60. The highest BCUT2D eigenvalue weighted by molar-refractivity contribution is 6.06. The Kier molecular flexibility index (Phi) is 8.92. The highest BCUT2D eigenvalue weighted by atomic mass is 16.5.